The van der Waals surface area contributed by atoms with Crippen LogP contribution in [0.3, 0.4) is 0 Å². The first-order valence-electron chi connectivity index (χ1n) is 10.4. The first-order chi connectivity index (χ1) is 15.3. The second kappa shape index (κ2) is 8.63. The zero-order valence-electron chi connectivity index (χ0n) is 17.0. The van der Waals surface area contributed by atoms with E-state index in [0.717, 1.165) is 10.6 Å². The molecule has 5 aromatic carbocycles. The van der Waals surface area contributed by atoms with Crippen molar-refractivity contribution in [2.24, 2.45) is 0 Å². The van der Waals surface area contributed by atoms with Gasteiger partial charge in [0, 0.05) is 5.02 Å². The summed E-state index contributed by atoms with van der Waals surface area (Å²) in [5.74, 6) is 0. The summed E-state index contributed by atoms with van der Waals surface area (Å²) in [4.78, 5) is 0. The van der Waals surface area contributed by atoms with E-state index in [-0.39, 0.29) is 0 Å². The highest BCUT2D eigenvalue weighted by atomic mass is 35.5. The Morgan fingerprint density at radius 1 is 0.323 bits per heavy atom. The smallest absolute Gasteiger partial charge is 0.0406 e. The van der Waals surface area contributed by atoms with Crippen molar-refractivity contribution >= 4 is 11.6 Å². The predicted octanol–water partition coefficient (Wildman–Crippen LogP) is 9.01. The van der Waals surface area contributed by atoms with E-state index >= 15 is 0 Å². The first-order valence-corrected chi connectivity index (χ1v) is 10.8. The van der Waals surface area contributed by atoms with Crippen LogP contribution in [0.1, 0.15) is 0 Å². The van der Waals surface area contributed by atoms with E-state index in [0.29, 0.717) is 0 Å². The summed E-state index contributed by atoms with van der Waals surface area (Å²) in [6.07, 6.45) is 0. The van der Waals surface area contributed by atoms with Crippen molar-refractivity contribution in [3.8, 4) is 44.5 Å². The van der Waals surface area contributed by atoms with Crippen LogP contribution < -0.4 is 0 Å². The van der Waals surface area contributed by atoms with E-state index in [2.05, 4.69) is 115 Å². The molecule has 0 saturated heterocycles. The molecular weight excluding hydrogens is 396 g/mol. The topological polar surface area (TPSA) is 0 Å². The van der Waals surface area contributed by atoms with E-state index < -0.39 is 0 Å². The molecule has 0 aromatic heterocycles. The maximum atomic E-state index is 6.22. The molecular formula is C30H21Cl. The second-order valence-corrected chi connectivity index (χ2v) is 7.95. The average molecular weight is 417 g/mol. The van der Waals surface area contributed by atoms with Gasteiger partial charge in [-0.3, -0.25) is 0 Å². The molecule has 0 atom stereocenters. The molecule has 0 unspecified atom stereocenters. The van der Waals surface area contributed by atoms with Crippen LogP contribution in [0.2, 0.25) is 5.02 Å². The molecule has 0 N–H and O–H groups in total. The third-order valence-electron chi connectivity index (χ3n) is 5.58. The summed E-state index contributed by atoms with van der Waals surface area (Å²) in [6.45, 7) is 0. The van der Waals surface area contributed by atoms with Crippen molar-refractivity contribution in [2.45, 2.75) is 0 Å². The lowest BCUT2D eigenvalue weighted by Gasteiger charge is -2.18. The van der Waals surface area contributed by atoms with Gasteiger partial charge in [0.05, 0.1) is 0 Å². The summed E-state index contributed by atoms with van der Waals surface area (Å²) in [5.41, 5.74) is 9.65. The van der Waals surface area contributed by atoms with Crippen LogP contribution in [-0.2, 0) is 0 Å². The highest BCUT2D eigenvalue weighted by molar-refractivity contribution is 6.30. The summed E-state index contributed by atoms with van der Waals surface area (Å²) in [6, 6.07) is 44.5. The van der Waals surface area contributed by atoms with Gasteiger partial charge in [-0.05, 0) is 56.6 Å². The van der Waals surface area contributed by atoms with E-state index in [4.69, 9.17) is 11.6 Å². The van der Waals surface area contributed by atoms with Gasteiger partial charge in [-0.25, -0.2) is 0 Å². The van der Waals surface area contributed by atoms with Crippen molar-refractivity contribution < 1.29 is 0 Å². The quantitative estimate of drug-likeness (QED) is 0.274. The van der Waals surface area contributed by atoms with Gasteiger partial charge in [0.15, 0.2) is 0 Å². The zero-order valence-corrected chi connectivity index (χ0v) is 17.8. The van der Waals surface area contributed by atoms with Crippen molar-refractivity contribution in [3.63, 3.8) is 0 Å². The molecule has 5 rings (SSSR count). The van der Waals surface area contributed by atoms with E-state index in [1.807, 2.05) is 12.1 Å². The minimum Gasteiger partial charge on any atom is -0.0843 e. The minimum atomic E-state index is 0.743. The number of rotatable bonds is 4. The Kier molecular flexibility index (Phi) is 5.39. The van der Waals surface area contributed by atoms with Crippen molar-refractivity contribution in [1.82, 2.24) is 0 Å². The summed E-state index contributed by atoms with van der Waals surface area (Å²) >= 11 is 6.22. The Bertz CT molecular complexity index is 1300. The number of benzene rings is 5. The summed E-state index contributed by atoms with van der Waals surface area (Å²) in [7, 11) is 0. The highest BCUT2D eigenvalue weighted by Crippen LogP contribution is 2.43. The van der Waals surface area contributed by atoms with Gasteiger partial charge in [-0.15, -0.1) is 0 Å². The largest absolute Gasteiger partial charge is 0.0843 e. The lowest BCUT2D eigenvalue weighted by Crippen LogP contribution is -1.92. The number of halogens is 1. The average Bonchev–Trinajstić information content (AvgIpc) is 2.85. The molecule has 0 bridgehead atoms. The molecule has 5 aromatic rings. The Morgan fingerprint density at radius 3 is 1.45 bits per heavy atom. The van der Waals surface area contributed by atoms with Gasteiger partial charge in [-0.1, -0.05) is 127 Å². The molecule has 0 aliphatic rings. The Balaban J connectivity index is 1.81. The van der Waals surface area contributed by atoms with Gasteiger partial charge < -0.3 is 0 Å². The SMILES string of the molecule is Clc1ccc(-c2c(-c3ccccc3)cccc2-c2ccccc2-c2ccccc2)cc1. The molecule has 0 aliphatic heterocycles. The molecule has 0 nitrogen and oxygen atoms in total. The zero-order chi connectivity index (χ0) is 21.0. The molecule has 148 valence electrons. The highest BCUT2D eigenvalue weighted by Gasteiger charge is 2.16. The van der Waals surface area contributed by atoms with Crippen molar-refractivity contribution in [1.29, 1.82) is 0 Å². The van der Waals surface area contributed by atoms with Gasteiger partial charge in [-0.2, -0.15) is 0 Å². The normalized spacial score (nSPS) is 10.7. The van der Waals surface area contributed by atoms with Crippen LogP contribution in [0.15, 0.2) is 127 Å². The van der Waals surface area contributed by atoms with E-state index in [9.17, 15) is 0 Å². The molecule has 0 saturated carbocycles. The van der Waals surface area contributed by atoms with Gasteiger partial charge >= 0.3 is 0 Å². The molecule has 0 heterocycles. The van der Waals surface area contributed by atoms with Crippen LogP contribution in [0.5, 0.6) is 0 Å². The monoisotopic (exact) mass is 416 g/mol. The molecule has 0 spiro atoms. The lowest BCUT2D eigenvalue weighted by atomic mass is 9.85. The molecule has 0 aliphatic carbocycles. The lowest BCUT2D eigenvalue weighted by molar-refractivity contribution is 1.55. The fourth-order valence-corrected chi connectivity index (χ4v) is 4.28. The summed E-state index contributed by atoms with van der Waals surface area (Å²) in [5, 5.41) is 0.743. The standard InChI is InChI=1S/C30H21Cl/c31-25-20-18-24(19-21-25)30-27(23-12-5-2-6-13-23)16-9-17-29(30)28-15-8-7-14-26(28)22-10-3-1-4-11-22/h1-21H. The maximum absolute atomic E-state index is 6.22. The fourth-order valence-electron chi connectivity index (χ4n) is 4.15. The van der Waals surface area contributed by atoms with Gasteiger partial charge in [0.25, 0.3) is 0 Å². The molecule has 31 heavy (non-hydrogen) atoms. The number of hydrogen-bond donors (Lipinski definition) is 0. The molecule has 0 fully saturated rings. The second-order valence-electron chi connectivity index (χ2n) is 7.51. The third-order valence-corrected chi connectivity index (χ3v) is 5.84. The molecule has 0 amide bonds. The van der Waals surface area contributed by atoms with Crippen LogP contribution >= 0.6 is 11.6 Å². The van der Waals surface area contributed by atoms with Crippen LogP contribution in [0, 0.1) is 0 Å². The third kappa shape index (κ3) is 3.91. The van der Waals surface area contributed by atoms with Gasteiger partial charge in [0.2, 0.25) is 0 Å². The van der Waals surface area contributed by atoms with Crippen LogP contribution in [-0.4, -0.2) is 0 Å². The summed E-state index contributed by atoms with van der Waals surface area (Å²) < 4.78 is 0. The molecule has 0 radical (unpaired) electrons. The van der Waals surface area contributed by atoms with Crippen LogP contribution in [0.25, 0.3) is 44.5 Å². The Hall–Kier alpha value is -3.61. The predicted molar refractivity (Wildman–Crippen MR) is 133 cm³/mol. The van der Waals surface area contributed by atoms with E-state index in [1.165, 1.54) is 38.9 Å². The van der Waals surface area contributed by atoms with Crippen molar-refractivity contribution in [2.75, 3.05) is 0 Å². The van der Waals surface area contributed by atoms with Crippen LogP contribution in [0.4, 0.5) is 0 Å². The maximum Gasteiger partial charge on any atom is 0.0406 e. The van der Waals surface area contributed by atoms with E-state index in [1.54, 1.807) is 0 Å². The Labute approximate surface area is 188 Å². The van der Waals surface area contributed by atoms with Crippen molar-refractivity contribution in [3.05, 3.63) is 132 Å². The van der Waals surface area contributed by atoms with Gasteiger partial charge in [0.1, 0.15) is 0 Å². The Morgan fingerprint density at radius 2 is 0.806 bits per heavy atom. The first kappa shape index (κ1) is 19.4. The fraction of sp³-hybridized carbons (Fsp3) is 0. The minimum absolute atomic E-state index is 0.743. The molecule has 1 heteroatoms. The number of hydrogen-bond acceptors (Lipinski definition) is 0.